The lowest BCUT2D eigenvalue weighted by molar-refractivity contribution is -0.136. The van der Waals surface area contributed by atoms with Gasteiger partial charge in [0.2, 0.25) is 10.0 Å². The van der Waals surface area contributed by atoms with Gasteiger partial charge in [0.25, 0.3) is 0 Å². The highest BCUT2D eigenvalue weighted by molar-refractivity contribution is 9.10. The molecule has 2 N–H and O–H groups in total. The third kappa shape index (κ3) is 3.40. The summed E-state index contributed by atoms with van der Waals surface area (Å²) >= 11 is 3.18. The van der Waals surface area contributed by atoms with Crippen molar-refractivity contribution < 1.29 is 18.3 Å². The van der Waals surface area contributed by atoms with Crippen LogP contribution in [-0.2, 0) is 14.8 Å². The molecule has 0 aliphatic rings. The average Bonchev–Trinajstić information content (AvgIpc) is 2.22. The van der Waals surface area contributed by atoms with E-state index in [2.05, 4.69) is 25.6 Å². The maximum atomic E-state index is 11.6. The number of pyridine rings is 1. The molecule has 1 rings (SSSR count). The molecule has 1 unspecified atom stereocenters. The van der Waals surface area contributed by atoms with E-state index in [1.807, 2.05) is 0 Å². The lowest BCUT2D eigenvalue weighted by Gasteiger charge is -2.11. The number of hydrogen-bond acceptors (Lipinski definition) is 4. The highest BCUT2D eigenvalue weighted by atomic mass is 79.9. The van der Waals surface area contributed by atoms with E-state index in [1.165, 1.54) is 6.20 Å². The van der Waals surface area contributed by atoms with E-state index in [9.17, 15) is 13.2 Å². The molecular formula is C9H11BrN2O4S. The van der Waals surface area contributed by atoms with Crippen molar-refractivity contribution in [3.63, 3.8) is 0 Å². The quantitative estimate of drug-likeness (QED) is 0.816. The molecule has 0 fully saturated rings. The van der Waals surface area contributed by atoms with Crippen LogP contribution in [0.25, 0.3) is 0 Å². The van der Waals surface area contributed by atoms with Crippen LogP contribution < -0.4 is 4.72 Å². The third-order valence-corrected chi connectivity index (χ3v) is 4.57. The van der Waals surface area contributed by atoms with Crippen molar-refractivity contribution in [1.29, 1.82) is 0 Å². The fraction of sp³-hybridized carbons (Fsp3) is 0.333. The van der Waals surface area contributed by atoms with E-state index in [1.54, 1.807) is 13.0 Å². The number of halogens is 1. The highest BCUT2D eigenvalue weighted by Crippen LogP contribution is 2.18. The largest absolute Gasteiger partial charge is 0.480 e. The Morgan fingerprint density at radius 1 is 1.59 bits per heavy atom. The van der Waals surface area contributed by atoms with Gasteiger partial charge in [0, 0.05) is 0 Å². The molecule has 1 atom stereocenters. The van der Waals surface area contributed by atoms with Gasteiger partial charge >= 0.3 is 5.97 Å². The van der Waals surface area contributed by atoms with Gasteiger partial charge in [0.05, 0.1) is 11.9 Å². The number of anilines is 1. The topological polar surface area (TPSA) is 96.4 Å². The molecule has 0 spiro atoms. The molecule has 0 radical (unpaired) electrons. The molecule has 1 heterocycles. The summed E-state index contributed by atoms with van der Waals surface area (Å²) in [6, 6.07) is 1.56. The molecule has 1 aromatic rings. The van der Waals surface area contributed by atoms with Gasteiger partial charge in [-0.15, -0.1) is 0 Å². The monoisotopic (exact) mass is 322 g/mol. The number of nitrogens with zero attached hydrogens (tertiary/aromatic N) is 1. The Kier molecular flexibility index (Phi) is 4.10. The zero-order valence-electron chi connectivity index (χ0n) is 9.14. The first-order chi connectivity index (χ1) is 7.74. The van der Waals surface area contributed by atoms with Crippen molar-refractivity contribution in [2.24, 2.45) is 0 Å². The number of aliphatic carboxylic acids is 1. The minimum atomic E-state index is -3.95. The van der Waals surface area contributed by atoms with Crippen LogP contribution in [0.4, 0.5) is 5.69 Å². The molecule has 0 saturated carbocycles. The van der Waals surface area contributed by atoms with Crippen molar-refractivity contribution >= 4 is 37.6 Å². The highest BCUT2D eigenvalue weighted by Gasteiger charge is 2.27. The Morgan fingerprint density at radius 3 is 2.65 bits per heavy atom. The second kappa shape index (κ2) is 5.01. The molecule has 0 amide bonds. The average molecular weight is 323 g/mol. The van der Waals surface area contributed by atoms with Gasteiger partial charge < -0.3 is 5.11 Å². The number of sulfonamides is 1. The normalized spacial score (nSPS) is 13.1. The van der Waals surface area contributed by atoms with E-state index in [-0.39, 0.29) is 5.69 Å². The van der Waals surface area contributed by atoms with Crippen LogP contribution in [0, 0.1) is 6.92 Å². The summed E-state index contributed by atoms with van der Waals surface area (Å²) in [7, 11) is -3.95. The van der Waals surface area contributed by atoms with Crippen molar-refractivity contribution in [1.82, 2.24) is 4.98 Å². The zero-order chi connectivity index (χ0) is 13.2. The van der Waals surface area contributed by atoms with Crippen molar-refractivity contribution in [3.8, 4) is 0 Å². The second-order valence-corrected chi connectivity index (χ2v) is 6.21. The molecule has 0 aliphatic carbocycles. The van der Waals surface area contributed by atoms with E-state index in [4.69, 9.17) is 5.11 Å². The van der Waals surface area contributed by atoms with E-state index in [0.29, 0.717) is 4.60 Å². The van der Waals surface area contributed by atoms with Crippen LogP contribution in [0.15, 0.2) is 16.9 Å². The lowest BCUT2D eigenvalue weighted by atomic mass is 10.3. The number of hydrogen-bond donors (Lipinski definition) is 2. The predicted octanol–water partition coefficient (Wildman–Crippen LogP) is 1.37. The number of aryl methyl sites for hydroxylation is 1. The number of carboxylic acid groups (broad SMARTS) is 1. The first-order valence-electron chi connectivity index (χ1n) is 4.60. The second-order valence-electron chi connectivity index (χ2n) is 3.46. The first kappa shape index (κ1) is 13.9. The fourth-order valence-corrected chi connectivity index (χ4v) is 2.10. The van der Waals surface area contributed by atoms with Crippen LogP contribution in [0.1, 0.15) is 12.5 Å². The summed E-state index contributed by atoms with van der Waals surface area (Å²) in [5.41, 5.74) is 0.979. The molecule has 0 aromatic carbocycles. The zero-order valence-corrected chi connectivity index (χ0v) is 11.5. The molecule has 94 valence electrons. The first-order valence-corrected chi connectivity index (χ1v) is 6.94. The van der Waals surface area contributed by atoms with E-state index < -0.39 is 21.2 Å². The van der Waals surface area contributed by atoms with Crippen LogP contribution in [0.3, 0.4) is 0 Å². The minimum Gasteiger partial charge on any atom is -0.480 e. The number of carboxylic acids is 1. The van der Waals surface area contributed by atoms with Crippen LogP contribution in [-0.4, -0.2) is 29.7 Å². The van der Waals surface area contributed by atoms with Gasteiger partial charge in [-0.05, 0) is 41.4 Å². The molecule has 0 bridgehead atoms. The SMILES string of the molecule is Cc1cc(NS(=O)(=O)C(C)C(=O)O)cnc1Br. The van der Waals surface area contributed by atoms with E-state index in [0.717, 1.165) is 12.5 Å². The summed E-state index contributed by atoms with van der Waals surface area (Å²) in [6.45, 7) is 2.85. The Labute approximate surface area is 107 Å². The number of aromatic nitrogens is 1. The summed E-state index contributed by atoms with van der Waals surface area (Å²) in [4.78, 5) is 14.5. The summed E-state index contributed by atoms with van der Waals surface area (Å²) in [5.74, 6) is -1.40. The molecule has 1 aromatic heterocycles. The van der Waals surface area contributed by atoms with Crippen LogP contribution in [0.5, 0.6) is 0 Å². The van der Waals surface area contributed by atoms with Gasteiger partial charge in [-0.25, -0.2) is 13.4 Å². The van der Waals surface area contributed by atoms with Crippen LogP contribution in [0.2, 0.25) is 0 Å². The van der Waals surface area contributed by atoms with Gasteiger partial charge in [-0.2, -0.15) is 0 Å². The summed E-state index contributed by atoms with van der Waals surface area (Å²) in [6.07, 6.45) is 1.31. The molecule has 0 saturated heterocycles. The number of nitrogens with one attached hydrogen (secondary N) is 1. The Balaban J connectivity index is 2.98. The Bertz CT molecular complexity index is 544. The van der Waals surface area contributed by atoms with Crippen molar-refractivity contribution in [2.75, 3.05) is 4.72 Å². The number of rotatable bonds is 4. The molecule has 0 aliphatic heterocycles. The van der Waals surface area contributed by atoms with Gasteiger partial charge in [0.15, 0.2) is 5.25 Å². The molecule has 17 heavy (non-hydrogen) atoms. The smallest absolute Gasteiger partial charge is 0.323 e. The Hall–Kier alpha value is -1.15. The maximum absolute atomic E-state index is 11.6. The van der Waals surface area contributed by atoms with Crippen molar-refractivity contribution in [2.45, 2.75) is 19.1 Å². The van der Waals surface area contributed by atoms with Gasteiger partial charge in [0.1, 0.15) is 4.60 Å². The van der Waals surface area contributed by atoms with Crippen molar-refractivity contribution in [3.05, 3.63) is 22.4 Å². The predicted molar refractivity (Wildman–Crippen MR) is 66.3 cm³/mol. The number of carbonyl (C=O) groups is 1. The molecule has 8 heteroatoms. The van der Waals surface area contributed by atoms with Crippen LogP contribution >= 0.6 is 15.9 Å². The fourth-order valence-electron chi connectivity index (χ4n) is 0.999. The van der Waals surface area contributed by atoms with Gasteiger partial charge in [-0.1, -0.05) is 0 Å². The summed E-state index contributed by atoms with van der Waals surface area (Å²) in [5, 5.41) is 7.13. The standard InChI is InChI=1S/C9H11BrN2O4S/c1-5-3-7(4-11-8(5)10)12-17(15,16)6(2)9(13)14/h3-4,6,12H,1-2H3,(H,13,14). The summed E-state index contributed by atoms with van der Waals surface area (Å²) < 4.78 is 26.0. The molecule has 6 nitrogen and oxygen atoms in total. The Morgan fingerprint density at radius 2 is 2.18 bits per heavy atom. The third-order valence-electron chi connectivity index (χ3n) is 2.09. The maximum Gasteiger partial charge on any atom is 0.323 e. The van der Waals surface area contributed by atoms with Gasteiger partial charge in [-0.3, -0.25) is 9.52 Å². The minimum absolute atomic E-state index is 0.235. The lowest BCUT2D eigenvalue weighted by Crippen LogP contribution is -2.32. The molecular weight excluding hydrogens is 312 g/mol. The van der Waals surface area contributed by atoms with E-state index >= 15 is 0 Å².